The quantitative estimate of drug-likeness (QED) is 0.385. The van der Waals surface area contributed by atoms with Crippen molar-refractivity contribution in [3.63, 3.8) is 0 Å². The van der Waals surface area contributed by atoms with E-state index in [1.807, 2.05) is 58.0 Å². The van der Waals surface area contributed by atoms with E-state index in [9.17, 15) is 4.79 Å². The molecule has 2 aromatic carbocycles. The number of nitrogens with one attached hydrogen (secondary N) is 1. The Balaban J connectivity index is 1.47. The summed E-state index contributed by atoms with van der Waals surface area (Å²) in [5.74, 6) is 1.66. The average molecular weight is 493 g/mol. The maximum Gasteiger partial charge on any atom is 0.283 e. The van der Waals surface area contributed by atoms with E-state index >= 15 is 0 Å². The van der Waals surface area contributed by atoms with Gasteiger partial charge < -0.3 is 14.2 Å². The minimum Gasteiger partial charge on any atom is -0.490 e. The predicted molar refractivity (Wildman–Crippen MR) is 140 cm³/mol. The van der Waals surface area contributed by atoms with Crippen LogP contribution in [0.1, 0.15) is 31.9 Å². The minimum absolute atomic E-state index is 0.00901. The summed E-state index contributed by atoms with van der Waals surface area (Å²) in [7, 11) is 0. The molecule has 0 unspecified atom stereocenters. The van der Waals surface area contributed by atoms with E-state index in [-0.39, 0.29) is 17.3 Å². The summed E-state index contributed by atoms with van der Waals surface area (Å²) < 4.78 is 17.4. The number of aliphatic imine (C=N–C) groups is 1. The molecule has 0 fully saturated rings. The Morgan fingerprint density at radius 2 is 1.89 bits per heavy atom. The minimum atomic E-state index is -0.458. The average Bonchev–Trinajstić information content (AvgIpc) is 3.25. The van der Waals surface area contributed by atoms with Crippen LogP contribution in [0.3, 0.4) is 0 Å². The zero-order valence-electron chi connectivity index (χ0n) is 20.2. The second kappa shape index (κ2) is 10.8. The monoisotopic (exact) mass is 492 g/mol. The number of hydrogen-bond donors (Lipinski definition) is 1. The van der Waals surface area contributed by atoms with Crippen molar-refractivity contribution in [1.29, 1.82) is 5.41 Å². The number of amides is 1. The van der Waals surface area contributed by atoms with Crippen molar-refractivity contribution in [2.45, 2.75) is 27.7 Å². The zero-order chi connectivity index (χ0) is 24.9. The Hall–Kier alpha value is -3.59. The molecule has 0 bridgehead atoms. The highest BCUT2D eigenvalue weighted by Crippen LogP contribution is 2.33. The number of rotatable bonds is 9. The summed E-state index contributed by atoms with van der Waals surface area (Å²) in [5.41, 5.74) is 2.00. The van der Waals surface area contributed by atoms with Crippen LogP contribution in [0.5, 0.6) is 17.2 Å². The van der Waals surface area contributed by atoms with Crippen molar-refractivity contribution in [3.05, 3.63) is 59.2 Å². The van der Waals surface area contributed by atoms with Gasteiger partial charge in [0.15, 0.2) is 17.3 Å². The van der Waals surface area contributed by atoms with E-state index in [1.54, 1.807) is 18.2 Å². The first-order chi connectivity index (χ1) is 16.9. The molecular weight excluding hydrogens is 464 g/mol. The van der Waals surface area contributed by atoms with E-state index in [0.717, 1.165) is 16.4 Å². The maximum atomic E-state index is 12.7. The summed E-state index contributed by atoms with van der Waals surface area (Å²) in [6.45, 7) is 9.12. The van der Waals surface area contributed by atoms with Gasteiger partial charge in [-0.3, -0.25) is 10.2 Å². The molecule has 0 atom stereocenters. The van der Waals surface area contributed by atoms with Crippen LogP contribution in [-0.4, -0.2) is 46.8 Å². The van der Waals surface area contributed by atoms with Gasteiger partial charge in [0.05, 0.1) is 12.2 Å². The lowest BCUT2D eigenvalue weighted by Crippen LogP contribution is -2.35. The van der Waals surface area contributed by atoms with Gasteiger partial charge in [-0.2, -0.15) is 15.1 Å². The third-order valence-corrected chi connectivity index (χ3v) is 6.35. The Bertz CT molecular complexity index is 1240. The molecule has 2 heterocycles. The number of thioether (sulfide) groups is 1. The fourth-order valence-corrected chi connectivity index (χ4v) is 4.32. The Labute approximate surface area is 209 Å². The van der Waals surface area contributed by atoms with Gasteiger partial charge >= 0.3 is 0 Å². The summed E-state index contributed by atoms with van der Waals surface area (Å²) in [5, 5.41) is 15.6. The normalized spacial score (nSPS) is 16.4. The van der Waals surface area contributed by atoms with Crippen molar-refractivity contribution in [2.75, 3.05) is 19.8 Å². The molecule has 1 N–H and O–H groups in total. The van der Waals surface area contributed by atoms with Crippen molar-refractivity contribution in [1.82, 2.24) is 5.01 Å². The van der Waals surface area contributed by atoms with Crippen molar-refractivity contribution in [3.8, 4) is 17.2 Å². The topological polar surface area (TPSA) is 96.6 Å². The van der Waals surface area contributed by atoms with Crippen LogP contribution in [0.4, 0.5) is 0 Å². The first-order valence-corrected chi connectivity index (χ1v) is 12.3. The van der Waals surface area contributed by atoms with Crippen LogP contribution in [0.2, 0.25) is 0 Å². The molecule has 35 heavy (non-hydrogen) atoms. The van der Waals surface area contributed by atoms with Crippen molar-refractivity contribution >= 4 is 39.8 Å². The smallest absolute Gasteiger partial charge is 0.283 e. The van der Waals surface area contributed by atoms with E-state index < -0.39 is 5.91 Å². The van der Waals surface area contributed by atoms with Gasteiger partial charge in [0.2, 0.25) is 5.17 Å². The molecule has 9 heteroatoms. The Morgan fingerprint density at radius 3 is 2.63 bits per heavy atom. The van der Waals surface area contributed by atoms with Crippen LogP contribution in [-0.2, 0) is 4.79 Å². The van der Waals surface area contributed by atoms with Gasteiger partial charge in [0.25, 0.3) is 5.91 Å². The summed E-state index contributed by atoms with van der Waals surface area (Å²) in [4.78, 5) is 16.8. The zero-order valence-corrected chi connectivity index (χ0v) is 21.0. The number of aryl methyl sites for hydroxylation is 1. The van der Waals surface area contributed by atoms with E-state index in [4.69, 9.17) is 19.6 Å². The number of ether oxygens (including phenoxy) is 3. The standard InChI is InChI=1S/C26H28N4O4S/c1-5-32-22-15-18(9-10-21(22)34-12-11-33-19-8-6-7-17(4)13-19)14-20-23(27)30-26(28-24(20)31)35-25(29-30)16(2)3/h6-10,13-16,27H,5,11-12H2,1-4H3/b20-14+,27-23?. The van der Waals surface area contributed by atoms with Gasteiger partial charge in [0, 0.05) is 5.92 Å². The number of nitrogens with zero attached hydrogens (tertiary/aromatic N) is 3. The molecule has 0 aromatic heterocycles. The highest BCUT2D eigenvalue weighted by molar-refractivity contribution is 8.27. The molecule has 182 valence electrons. The number of benzene rings is 2. The molecule has 8 nitrogen and oxygen atoms in total. The molecule has 0 spiro atoms. The lowest BCUT2D eigenvalue weighted by Gasteiger charge is -2.20. The molecule has 0 radical (unpaired) electrons. The van der Waals surface area contributed by atoms with Gasteiger partial charge in [-0.25, -0.2) is 0 Å². The second-order valence-electron chi connectivity index (χ2n) is 8.27. The lowest BCUT2D eigenvalue weighted by atomic mass is 10.1. The molecular formula is C26H28N4O4S. The van der Waals surface area contributed by atoms with Crippen molar-refractivity contribution in [2.24, 2.45) is 16.0 Å². The number of amidine groups is 2. The molecule has 4 rings (SSSR count). The summed E-state index contributed by atoms with van der Waals surface area (Å²) in [6.07, 6.45) is 1.63. The van der Waals surface area contributed by atoms with Crippen LogP contribution >= 0.6 is 11.8 Å². The summed E-state index contributed by atoms with van der Waals surface area (Å²) in [6, 6.07) is 13.2. The summed E-state index contributed by atoms with van der Waals surface area (Å²) >= 11 is 1.33. The van der Waals surface area contributed by atoms with E-state index in [1.165, 1.54) is 16.8 Å². The highest BCUT2D eigenvalue weighted by Gasteiger charge is 2.36. The number of carbonyl (C=O) groups is 1. The second-order valence-corrected chi connectivity index (χ2v) is 9.25. The molecule has 0 saturated carbocycles. The van der Waals surface area contributed by atoms with Crippen LogP contribution in [0, 0.1) is 18.3 Å². The maximum absolute atomic E-state index is 12.7. The van der Waals surface area contributed by atoms with Gasteiger partial charge in [-0.05, 0) is 67.1 Å². The fraction of sp³-hybridized carbons (Fsp3) is 0.308. The van der Waals surface area contributed by atoms with Crippen molar-refractivity contribution < 1.29 is 19.0 Å². The number of fused-ring (bicyclic) bond motifs is 1. The molecule has 0 aliphatic carbocycles. The van der Waals surface area contributed by atoms with Gasteiger partial charge in [0.1, 0.15) is 24.0 Å². The Morgan fingerprint density at radius 1 is 1.09 bits per heavy atom. The van der Waals surface area contributed by atoms with E-state index in [2.05, 4.69) is 10.1 Å². The fourth-order valence-electron chi connectivity index (χ4n) is 3.43. The van der Waals surface area contributed by atoms with Crippen LogP contribution in [0.15, 0.2) is 58.1 Å². The third-order valence-electron chi connectivity index (χ3n) is 5.14. The number of hydrogen-bond acceptors (Lipinski definition) is 7. The molecule has 1 amide bonds. The first-order valence-electron chi connectivity index (χ1n) is 11.4. The SMILES string of the molecule is CCOc1cc(/C=C2\C(=N)N3N=C(C(C)C)SC3=NC2=O)ccc1OCCOc1cccc(C)c1. The Kier molecular flexibility index (Phi) is 7.55. The van der Waals surface area contributed by atoms with Crippen LogP contribution in [0.25, 0.3) is 6.08 Å². The first kappa shape index (κ1) is 24.5. The number of hydrazone groups is 1. The largest absolute Gasteiger partial charge is 0.490 e. The third kappa shape index (κ3) is 5.74. The molecule has 2 aliphatic rings. The van der Waals surface area contributed by atoms with Gasteiger partial charge in [-0.1, -0.05) is 32.0 Å². The predicted octanol–water partition coefficient (Wildman–Crippen LogP) is 5.13. The lowest BCUT2D eigenvalue weighted by molar-refractivity contribution is -0.114. The molecule has 0 saturated heterocycles. The van der Waals surface area contributed by atoms with E-state index in [0.29, 0.717) is 42.1 Å². The number of carbonyl (C=O) groups excluding carboxylic acids is 1. The van der Waals surface area contributed by atoms with Crippen LogP contribution < -0.4 is 14.2 Å². The van der Waals surface area contributed by atoms with Gasteiger partial charge in [-0.15, -0.1) is 0 Å². The highest BCUT2D eigenvalue weighted by atomic mass is 32.2. The molecule has 2 aliphatic heterocycles. The molecule has 2 aromatic rings.